The molecule has 0 N–H and O–H groups in total. The van der Waals surface area contributed by atoms with Gasteiger partial charge in [0.25, 0.3) is 0 Å². The molecule has 1 rings (SSSR count). The molecule has 4 atom stereocenters. The second-order valence-electron chi connectivity index (χ2n) is 4.55. The predicted molar refractivity (Wildman–Crippen MR) is 63.3 cm³/mol. The summed E-state index contributed by atoms with van der Waals surface area (Å²) >= 11 is 2.03. The Bertz CT molecular complexity index is 209. The molecule has 0 aromatic rings. The Morgan fingerprint density at radius 2 is 2.21 bits per heavy atom. The van der Waals surface area contributed by atoms with Crippen LogP contribution in [0.3, 0.4) is 0 Å². The van der Waals surface area contributed by atoms with Crippen molar-refractivity contribution < 1.29 is 0 Å². The Hall–Kier alpha value is -0.160. The number of rotatable bonds is 3. The van der Waals surface area contributed by atoms with Crippen LogP contribution in [-0.2, 0) is 0 Å². The van der Waals surface area contributed by atoms with Gasteiger partial charge in [-0.2, -0.15) is 17.0 Å². The first-order chi connectivity index (χ1) is 6.67. The van der Waals surface area contributed by atoms with Gasteiger partial charge in [0.2, 0.25) is 0 Å². The van der Waals surface area contributed by atoms with Crippen molar-refractivity contribution in [3.8, 4) is 6.07 Å². The quantitative estimate of drug-likeness (QED) is 0.708. The molecular formula is C12H21NS. The summed E-state index contributed by atoms with van der Waals surface area (Å²) < 4.78 is 0. The third-order valence-corrected chi connectivity index (χ3v) is 4.87. The summed E-state index contributed by atoms with van der Waals surface area (Å²) in [5.74, 6) is 1.13. The van der Waals surface area contributed by atoms with E-state index >= 15 is 0 Å². The van der Waals surface area contributed by atoms with E-state index in [0.29, 0.717) is 16.4 Å². The molecular weight excluding hydrogens is 190 g/mol. The van der Waals surface area contributed by atoms with Gasteiger partial charge >= 0.3 is 0 Å². The summed E-state index contributed by atoms with van der Waals surface area (Å²) in [5, 5.41) is 10.4. The zero-order valence-electron chi connectivity index (χ0n) is 9.49. The van der Waals surface area contributed by atoms with Crippen molar-refractivity contribution in [2.24, 2.45) is 11.8 Å². The van der Waals surface area contributed by atoms with Gasteiger partial charge < -0.3 is 0 Å². The van der Waals surface area contributed by atoms with Crippen LogP contribution in [0.4, 0.5) is 0 Å². The van der Waals surface area contributed by atoms with Crippen molar-refractivity contribution in [1.29, 1.82) is 5.26 Å². The molecule has 1 fully saturated rings. The zero-order valence-corrected chi connectivity index (χ0v) is 10.3. The zero-order chi connectivity index (χ0) is 10.6. The second kappa shape index (κ2) is 5.66. The van der Waals surface area contributed by atoms with Gasteiger partial charge in [-0.3, -0.25) is 0 Å². The fraction of sp³-hybridized carbons (Fsp3) is 0.917. The molecule has 0 heterocycles. The summed E-state index contributed by atoms with van der Waals surface area (Å²) in [4.78, 5) is 0. The minimum absolute atomic E-state index is 0.310. The molecule has 80 valence electrons. The lowest BCUT2D eigenvalue weighted by Crippen LogP contribution is -2.26. The first-order valence-electron chi connectivity index (χ1n) is 5.72. The molecule has 0 radical (unpaired) electrons. The standard InChI is InChI=1S/C12H21NS/c1-4-10(3)14-12-7-9(2)5-6-11(12)8-13/h9-12H,4-7H2,1-3H3. The molecule has 0 aliphatic heterocycles. The fourth-order valence-electron chi connectivity index (χ4n) is 2.02. The first kappa shape index (κ1) is 11.9. The van der Waals surface area contributed by atoms with Crippen LogP contribution < -0.4 is 0 Å². The van der Waals surface area contributed by atoms with Crippen molar-refractivity contribution in [1.82, 2.24) is 0 Å². The number of hydrogen-bond acceptors (Lipinski definition) is 2. The highest BCUT2D eigenvalue weighted by Crippen LogP contribution is 2.38. The van der Waals surface area contributed by atoms with Crippen LogP contribution in [-0.4, -0.2) is 10.5 Å². The summed E-state index contributed by atoms with van der Waals surface area (Å²) in [6.45, 7) is 6.82. The minimum Gasteiger partial charge on any atom is -0.198 e. The maximum absolute atomic E-state index is 9.07. The van der Waals surface area contributed by atoms with Gasteiger partial charge in [0.1, 0.15) is 0 Å². The van der Waals surface area contributed by atoms with Gasteiger partial charge in [-0.05, 0) is 31.6 Å². The van der Waals surface area contributed by atoms with Crippen LogP contribution in [0, 0.1) is 23.2 Å². The molecule has 4 unspecified atom stereocenters. The van der Waals surface area contributed by atoms with Crippen molar-refractivity contribution in [2.75, 3.05) is 0 Å². The maximum Gasteiger partial charge on any atom is 0.0667 e. The van der Waals surface area contributed by atoms with E-state index in [4.69, 9.17) is 5.26 Å². The number of hydrogen-bond donors (Lipinski definition) is 0. The highest BCUT2D eigenvalue weighted by molar-refractivity contribution is 8.00. The normalized spacial score (nSPS) is 34.9. The third-order valence-electron chi connectivity index (χ3n) is 3.20. The molecule has 1 aliphatic carbocycles. The molecule has 1 nitrogen and oxygen atoms in total. The smallest absolute Gasteiger partial charge is 0.0667 e. The van der Waals surface area contributed by atoms with E-state index in [9.17, 15) is 0 Å². The Labute approximate surface area is 92.3 Å². The maximum atomic E-state index is 9.07. The number of nitrogens with zero attached hydrogens (tertiary/aromatic N) is 1. The second-order valence-corrected chi connectivity index (χ2v) is 6.23. The topological polar surface area (TPSA) is 23.8 Å². The van der Waals surface area contributed by atoms with Gasteiger partial charge in [0.05, 0.1) is 12.0 Å². The van der Waals surface area contributed by atoms with E-state index in [1.807, 2.05) is 11.8 Å². The van der Waals surface area contributed by atoms with E-state index in [1.165, 1.54) is 19.3 Å². The first-order valence-corrected chi connectivity index (χ1v) is 6.66. The average Bonchev–Trinajstić information content (AvgIpc) is 2.18. The summed E-state index contributed by atoms with van der Waals surface area (Å²) in [5.41, 5.74) is 0. The van der Waals surface area contributed by atoms with Crippen molar-refractivity contribution in [3.05, 3.63) is 0 Å². The number of thioether (sulfide) groups is 1. The van der Waals surface area contributed by atoms with Crippen LogP contribution in [0.1, 0.15) is 46.5 Å². The minimum atomic E-state index is 0.310. The van der Waals surface area contributed by atoms with Crippen LogP contribution in [0.2, 0.25) is 0 Å². The molecule has 0 amide bonds. The molecule has 0 saturated heterocycles. The van der Waals surface area contributed by atoms with Crippen molar-refractivity contribution in [3.63, 3.8) is 0 Å². The molecule has 1 saturated carbocycles. The predicted octanol–water partition coefficient (Wildman–Crippen LogP) is 3.85. The number of nitriles is 1. The molecule has 0 spiro atoms. The Morgan fingerprint density at radius 1 is 1.50 bits per heavy atom. The fourth-order valence-corrected chi connectivity index (χ4v) is 3.64. The highest BCUT2D eigenvalue weighted by Gasteiger charge is 2.29. The van der Waals surface area contributed by atoms with E-state index in [1.54, 1.807) is 0 Å². The van der Waals surface area contributed by atoms with E-state index in [0.717, 1.165) is 12.3 Å². The van der Waals surface area contributed by atoms with Crippen LogP contribution in [0.25, 0.3) is 0 Å². The lowest BCUT2D eigenvalue weighted by molar-refractivity contribution is 0.345. The molecule has 0 aromatic carbocycles. The van der Waals surface area contributed by atoms with Gasteiger partial charge in [-0.25, -0.2) is 0 Å². The van der Waals surface area contributed by atoms with Gasteiger partial charge in [-0.1, -0.05) is 20.8 Å². The monoisotopic (exact) mass is 211 g/mol. The van der Waals surface area contributed by atoms with E-state index in [2.05, 4.69) is 26.8 Å². The molecule has 1 aliphatic rings. The van der Waals surface area contributed by atoms with Crippen LogP contribution in [0.15, 0.2) is 0 Å². The summed E-state index contributed by atoms with van der Waals surface area (Å²) in [7, 11) is 0. The lowest BCUT2D eigenvalue weighted by atomic mass is 9.83. The van der Waals surface area contributed by atoms with Crippen molar-refractivity contribution >= 4 is 11.8 Å². The van der Waals surface area contributed by atoms with Crippen molar-refractivity contribution in [2.45, 2.75) is 57.0 Å². The molecule has 0 bridgehead atoms. The summed E-state index contributed by atoms with van der Waals surface area (Å²) in [6.07, 6.45) is 4.82. The van der Waals surface area contributed by atoms with E-state index < -0.39 is 0 Å². The molecule has 0 aromatic heterocycles. The molecule has 14 heavy (non-hydrogen) atoms. The van der Waals surface area contributed by atoms with Gasteiger partial charge in [-0.15, -0.1) is 0 Å². The molecule has 2 heteroatoms. The summed E-state index contributed by atoms with van der Waals surface area (Å²) in [6, 6.07) is 2.48. The third kappa shape index (κ3) is 3.20. The SMILES string of the molecule is CCC(C)SC1CC(C)CCC1C#N. The average molecular weight is 211 g/mol. The highest BCUT2D eigenvalue weighted by atomic mass is 32.2. The largest absolute Gasteiger partial charge is 0.198 e. The Morgan fingerprint density at radius 3 is 2.79 bits per heavy atom. The van der Waals surface area contributed by atoms with Crippen LogP contribution >= 0.6 is 11.8 Å². The van der Waals surface area contributed by atoms with Gasteiger partial charge in [0.15, 0.2) is 0 Å². The Kier molecular flexibility index (Phi) is 4.81. The Balaban J connectivity index is 2.49. The van der Waals surface area contributed by atoms with E-state index in [-0.39, 0.29) is 0 Å². The van der Waals surface area contributed by atoms with Crippen LogP contribution in [0.5, 0.6) is 0 Å². The van der Waals surface area contributed by atoms with Gasteiger partial charge in [0, 0.05) is 10.5 Å². The lowest BCUT2D eigenvalue weighted by Gasteiger charge is -2.32.